The van der Waals surface area contributed by atoms with Crippen LogP contribution in [0.5, 0.6) is 0 Å². The van der Waals surface area contributed by atoms with Crippen LogP contribution in [0.1, 0.15) is 31.9 Å². The van der Waals surface area contributed by atoms with Gasteiger partial charge >= 0.3 is 0 Å². The number of rotatable bonds is 4. The van der Waals surface area contributed by atoms with Crippen LogP contribution < -0.4 is 5.32 Å². The molecular weight excluding hydrogens is 350 g/mol. The molecule has 2 atom stereocenters. The minimum Gasteiger partial charge on any atom is -0.314 e. The summed E-state index contributed by atoms with van der Waals surface area (Å²) in [4.78, 5) is 2.51. The lowest BCUT2D eigenvalue weighted by atomic mass is 9.90. The van der Waals surface area contributed by atoms with E-state index in [0.29, 0.717) is 12.0 Å². The first kappa shape index (κ1) is 21.3. The Hall–Kier alpha value is 0.300. The van der Waals surface area contributed by atoms with Crippen LogP contribution in [0.15, 0.2) is 18.2 Å². The first-order valence-electron chi connectivity index (χ1n) is 7.03. The molecule has 0 aliphatic carbocycles. The summed E-state index contributed by atoms with van der Waals surface area (Å²) in [6.45, 7) is 8.69. The van der Waals surface area contributed by atoms with Crippen molar-refractivity contribution in [1.82, 2.24) is 10.2 Å². The number of hydrogen-bond donors (Lipinski definition) is 1. The molecule has 1 aliphatic rings. The standard InChI is InChI=1S/C15H22Cl2N2.2ClH/c1-3-11(2)15(19-9-7-18-8-10-19)14-12(16)5-4-6-13(14)17;;/h4-6,11,15,18H,3,7-10H2,1-2H3;2*1H/t11?,15-;;/m0../s1. The maximum absolute atomic E-state index is 6.42. The first-order valence-corrected chi connectivity index (χ1v) is 7.79. The quantitative estimate of drug-likeness (QED) is 0.812. The second kappa shape index (κ2) is 10.1. The Bertz CT molecular complexity index is 402. The van der Waals surface area contributed by atoms with E-state index in [1.165, 1.54) is 0 Å². The normalized spacial score (nSPS) is 18.3. The van der Waals surface area contributed by atoms with E-state index in [1.54, 1.807) is 0 Å². The molecule has 1 heterocycles. The van der Waals surface area contributed by atoms with Gasteiger partial charge in [0.15, 0.2) is 0 Å². The molecule has 2 nitrogen and oxygen atoms in total. The molecule has 1 N–H and O–H groups in total. The van der Waals surface area contributed by atoms with Crippen LogP contribution in [0.25, 0.3) is 0 Å². The lowest BCUT2D eigenvalue weighted by molar-refractivity contribution is 0.128. The van der Waals surface area contributed by atoms with Crippen LogP contribution >= 0.6 is 48.0 Å². The fraction of sp³-hybridized carbons (Fsp3) is 0.600. The number of nitrogens with one attached hydrogen (secondary N) is 1. The molecule has 1 saturated heterocycles. The average molecular weight is 374 g/mol. The largest absolute Gasteiger partial charge is 0.314 e. The summed E-state index contributed by atoms with van der Waals surface area (Å²) in [5.41, 5.74) is 1.10. The number of hydrogen-bond acceptors (Lipinski definition) is 2. The lowest BCUT2D eigenvalue weighted by Crippen LogP contribution is -2.46. The Morgan fingerprint density at radius 2 is 1.67 bits per heavy atom. The third-order valence-electron chi connectivity index (χ3n) is 4.02. The van der Waals surface area contributed by atoms with Crippen molar-refractivity contribution in [2.24, 2.45) is 5.92 Å². The van der Waals surface area contributed by atoms with E-state index in [2.05, 4.69) is 24.1 Å². The first-order chi connectivity index (χ1) is 9.15. The number of piperazine rings is 1. The monoisotopic (exact) mass is 372 g/mol. The molecule has 2 rings (SSSR count). The minimum absolute atomic E-state index is 0. The van der Waals surface area contributed by atoms with E-state index in [-0.39, 0.29) is 24.8 Å². The highest BCUT2D eigenvalue weighted by molar-refractivity contribution is 6.36. The Morgan fingerprint density at radius 3 is 2.14 bits per heavy atom. The van der Waals surface area contributed by atoms with E-state index < -0.39 is 0 Å². The third kappa shape index (κ3) is 5.16. The second-order valence-electron chi connectivity index (χ2n) is 5.25. The van der Waals surface area contributed by atoms with Crippen molar-refractivity contribution in [3.63, 3.8) is 0 Å². The van der Waals surface area contributed by atoms with E-state index in [0.717, 1.165) is 48.2 Å². The Labute approximate surface area is 150 Å². The van der Waals surface area contributed by atoms with Crippen molar-refractivity contribution in [1.29, 1.82) is 0 Å². The highest BCUT2D eigenvalue weighted by Crippen LogP contribution is 2.39. The Kier molecular flexibility index (Phi) is 10.3. The van der Waals surface area contributed by atoms with E-state index >= 15 is 0 Å². The van der Waals surface area contributed by atoms with Crippen molar-refractivity contribution in [3.8, 4) is 0 Å². The highest BCUT2D eigenvalue weighted by Gasteiger charge is 2.29. The summed E-state index contributed by atoms with van der Waals surface area (Å²) in [6, 6.07) is 6.12. The van der Waals surface area contributed by atoms with Gasteiger partial charge in [-0.15, -0.1) is 24.8 Å². The number of nitrogens with zero attached hydrogens (tertiary/aromatic N) is 1. The fourth-order valence-electron chi connectivity index (χ4n) is 2.80. The van der Waals surface area contributed by atoms with Crippen molar-refractivity contribution in [2.75, 3.05) is 26.2 Å². The maximum Gasteiger partial charge on any atom is 0.0468 e. The van der Waals surface area contributed by atoms with Gasteiger partial charge < -0.3 is 5.32 Å². The summed E-state index contributed by atoms with van der Waals surface area (Å²) in [5, 5.41) is 4.98. The van der Waals surface area contributed by atoms with Crippen LogP contribution in [0.3, 0.4) is 0 Å². The summed E-state index contributed by atoms with van der Waals surface area (Å²) in [7, 11) is 0. The molecule has 0 saturated carbocycles. The molecule has 21 heavy (non-hydrogen) atoms. The molecular formula is C15H24Cl4N2. The smallest absolute Gasteiger partial charge is 0.0468 e. The summed E-state index contributed by atoms with van der Waals surface area (Å²) in [5.74, 6) is 0.537. The molecule has 1 unspecified atom stereocenters. The second-order valence-corrected chi connectivity index (χ2v) is 6.07. The molecule has 1 aromatic carbocycles. The average Bonchev–Trinajstić information content (AvgIpc) is 2.43. The predicted molar refractivity (Wildman–Crippen MR) is 97.6 cm³/mol. The molecule has 6 heteroatoms. The van der Waals surface area contributed by atoms with Crippen LogP contribution in [0.4, 0.5) is 0 Å². The van der Waals surface area contributed by atoms with Gasteiger partial charge in [-0.25, -0.2) is 0 Å². The van der Waals surface area contributed by atoms with Crippen LogP contribution in [0.2, 0.25) is 10.0 Å². The lowest BCUT2D eigenvalue weighted by Gasteiger charge is -2.39. The van der Waals surface area contributed by atoms with Gasteiger partial charge in [0, 0.05) is 47.8 Å². The van der Waals surface area contributed by atoms with Gasteiger partial charge in [0.05, 0.1) is 0 Å². The van der Waals surface area contributed by atoms with Gasteiger partial charge in [-0.05, 0) is 18.1 Å². The molecule has 122 valence electrons. The molecule has 1 aromatic rings. The van der Waals surface area contributed by atoms with Gasteiger partial charge in [0.25, 0.3) is 0 Å². The molecule has 1 fully saturated rings. The highest BCUT2D eigenvalue weighted by atomic mass is 35.5. The van der Waals surface area contributed by atoms with Crippen molar-refractivity contribution >= 4 is 48.0 Å². The zero-order chi connectivity index (χ0) is 13.8. The molecule has 1 aliphatic heterocycles. The van der Waals surface area contributed by atoms with E-state index in [9.17, 15) is 0 Å². The molecule has 0 radical (unpaired) electrons. The molecule has 0 spiro atoms. The zero-order valence-electron chi connectivity index (χ0n) is 12.4. The van der Waals surface area contributed by atoms with Gasteiger partial charge in [-0.1, -0.05) is 49.5 Å². The van der Waals surface area contributed by atoms with Crippen molar-refractivity contribution in [3.05, 3.63) is 33.8 Å². The van der Waals surface area contributed by atoms with Crippen LogP contribution in [-0.2, 0) is 0 Å². The van der Waals surface area contributed by atoms with E-state index in [4.69, 9.17) is 23.2 Å². The third-order valence-corrected chi connectivity index (χ3v) is 4.68. The summed E-state index contributed by atoms with van der Waals surface area (Å²) in [6.07, 6.45) is 1.12. The molecule has 0 aromatic heterocycles. The SMILES string of the molecule is CCC(C)[C@@H](c1c(Cl)cccc1Cl)N1CCNCC1.Cl.Cl. The fourth-order valence-corrected chi connectivity index (χ4v) is 3.42. The minimum atomic E-state index is 0. The summed E-state index contributed by atoms with van der Waals surface area (Å²) >= 11 is 12.8. The maximum atomic E-state index is 6.42. The van der Waals surface area contributed by atoms with Crippen LogP contribution in [0, 0.1) is 5.92 Å². The van der Waals surface area contributed by atoms with Crippen molar-refractivity contribution < 1.29 is 0 Å². The Balaban J connectivity index is 0.00000200. The van der Waals surface area contributed by atoms with Gasteiger partial charge in [-0.2, -0.15) is 0 Å². The number of benzene rings is 1. The molecule has 0 bridgehead atoms. The molecule has 0 amide bonds. The topological polar surface area (TPSA) is 15.3 Å². The van der Waals surface area contributed by atoms with E-state index in [1.807, 2.05) is 18.2 Å². The van der Waals surface area contributed by atoms with Gasteiger partial charge in [0.1, 0.15) is 0 Å². The van der Waals surface area contributed by atoms with Crippen molar-refractivity contribution in [2.45, 2.75) is 26.3 Å². The summed E-state index contributed by atoms with van der Waals surface area (Å²) < 4.78 is 0. The predicted octanol–water partition coefficient (Wildman–Crippen LogP) is 4.83. The number of halogens is 4. The Morgan fingerprint density at radius 1 is 1.14 bits per heavy atom. The van der Waals surface area contributed by atoms with Gasteiger partial charge in [-0.3, -0.25) is 4.90 Å². The van der Waals surface area contributed by atoms with Gasteiger partial charge in [0.2, 0.25) is 0 Å². The van der Waals surface area contributed by atoms with Crippen LogP contribution in [-0.4, -0.2) is 31.1 Å². The zero-order valence-corrected chi connectivity index (χ0v) is 15.6.